The van der Waals surface area contributed by atoms with E-state index < -0.39 is 5.97 Å². The van der Waals surface area contributed by atoms with Crippen molar-refractivity contribution in [3.63, 3.8) is 0 Å². The molecule has 1 aromatic heterocycles. The molecular formula is C16H20N2O2. The van der Waals surface area contributed by atoms with Crippen molar-refractivity contribution >= 4 is 5.97 Å². The Balaban J connectivity index is 1.96. The molecule has 1 heterocycles. The Morgan fingerprint density at radius 3 is 2.55 bits per heavy atom. The monoisotopic (exact) mass is 272 g/mol. The molecule has 0 unspecified atom stereocenters. The highest BCUT2D eigenvalue weighted by atomic mass is 16.4. The van der Waals surface area contributed by atoms with Crippen LogP contribution in [0.2, 0.25) is 0 Å². The first-order valence-electron chi connectivity index (χ1n) is 6.83. The molecule has 0 aliphatic rings. The van der Waals surface area contributed by atoms with Crippen LogP contribution < -0.4 is 0 Å². The van der Waals surface area contributed by atoms with E-state index in [1.54, 1.807) is 6.20 Å². The van der Waals surface area contributed by atoms with E-state index in [1.807, 2.05) is 11.6 Å². The van der Waals surface area contributed by atoms with E-state index in [4.69, 9.17) is 5.11 Å². The fourth-order valence-electron chi connectivity index (χ4n) is 2.20. The van der Waals surface area contributed by atoms with Gasteiger partial charge in [-0.2, -0.15) is 0 Å². The number of carboxylic acids is 1. The summed E-state index contributed by atoms with van der Waals surface area (Å²) in [6.45, 7) is 2.08. The molecule has 0 saturated heterocycles. The number of aliphatic carboxylic acids is 1. The number of aromatic nitrogens is 2. The fraction of sp³-hybridized carbons (Fsp3) is 0.375. The highest BCUT2D eigenvalue weighted by Crippen LogP contribution is 2.10. The van der Waals surface area contributed by atoms with Gasteiger partial charge in [0.15, 0.2) is 0 Å². The summed E-state index contributed by atoms with van der Waals surface area (Å²) in [5, 5.41) is 8.72. The van der Waals surface area contributed by atoms with Gasteiger partial charge < -0.3 is 9.67 Å². The summed E-state index contributed by atoms with van der Waals surface area (Å²) in [5.41, 5.74) is 3.54. The van der Waals surface area contributed by atoms with E-state index >= 15 is 0 Å². The van der Waals surface area contributed by atoms with E-state index in [-0.39, 0.29) is 6.42 Å². The van der Waals surface area contributed by atoms with Crippen LogP contribution in [0.1, 0.15) is 29.1 Å². The summed E-state index contributed by atoms with van der Waals surface area (Å²) >= 11 is 0. The molecule has 106 valence electrons. The number of carbonyl (C=O) groups is 1. The summed E-state index contributed by atoms with van der Waals surface area (Å²) in [4.78, 5) is 15.0. The Hall–Kier alpha value is -2.10. The van der Waals surface area contributed by atoms with Gasteiger partial charge in [-0.3, -0.25) is 4.79 Å². The van der Waals surface area contributed by atoms with Gasteiger partial charge in [0.05, 0.1) is 6.42 Å². The number of aryl methyl sites for hydroxylation is 4. The minimum atomic E-state index is -0.771. The Morgan fingerprint density at radius 2 is 1.90 bits per heavy atom. The van der Waals surface area contributed by atoms with Gasteiger partial charge in [-0.15, -0.1) is 0 Å². The van der Waals surface area contributed by atoms with E-state index in [0.29, 0.717) is 6.42 Å². The molecule has 0 amide bonds. The summed E-state index contributed by atoms with van der Waals surface area (Å²) in [7, 11) is 1.95. The molecule has 0 aliphatic heterocycles. The molecule has 4 heteroatoms. The van der Waals surface area contributed by atoms with Crippen molar-refractivity contribution in [3.05, 3.63) is 53.1 Å². The third-order valence-electron chi connectivity index (χ3n) is 3.53. The molecule has 2 rings (SSSR count). The van der Waals surface area contributed by atoms with Gasteiger partial charge in [0, 0.05) is 25.4 Å². The molecule has 0 bridgehead atoms. The summed E-state index contributed by atoms with van der Waals surface area (Å²) in [6, 6.07) is 8.52. The summed E-state index contributed by atoms with van der Waals surface area (Å²) in [6.07, 6.45) is 4.28. The highest BCUT2D eigenvalue weighted by molar-refractivity contribution is 5.66. The smallest absolute Gasteiger partial charge is 0.303 e. The maximum absolute atomic E-state index is 10.6. The third-order valence-corrected chi connectivity index (χ3v) is 3.53. The Bertz CT molecular complexity index is 585. The lowest BCUT2D eigenvalue weighted by Crippen LogP contribution is -2.05. The first-order valence-corrected chi connectivity index (χ1v) is 6.83. The standard InChI is InChI=1S/C16H20N2O2/c1-12-3-5-13(6-4-12)7-9-15-17-11-14(18(15)2)8-10-16(19)20/h3-6,11H,7-10H2,1-2H3,(H,19,20). The number of carboxylic acid groups (broad SMARTS) is 1. The van der Waals surface area contributed by atoms with Crippen LogP contribution in [0.4, 0.5) is 0 Å². The van der Waals surface area contributed by atoms with Crippen molar-refractivity contribution in [1.29, 1.82) is 0 Å². The lowest BCUT2D eigenvalue weighted by atomic mass is 10.1. The zero-order valence-electron chi connectivity index (χ0n) is 12.0. The van der Waals surface area contributed by atoms with Gasteiger partial charge >= 0.3 is 5.97 Å². The first-order chi connectivity index (χ1) is 9.56. The number of imidazole rings is 1. The predicted molar refractivity (Wildman–Crippen MR) is 77.8 cm³/mol. The molecule has 0 fully saturated rings. The third kappa shape index (κ3) is 3.70. The van der Waals surface area contributed by atoms with Crippen LogP contribution in [-0.2, 0) is 31.1 Å². The maximum Gasteiger partial charge on any atom is 0.303 e. The lowest BCUT2D eigenvalue weighted by Gasteiger charge is -2.06. The van der Waals surface area contributed by atoms with Crippen molar-refractivity contribution in [1.82, 2.24) is 9.55 Å². The van der Waals surface area contributed by atoms with Crippen LogP contribution in [0.25, 0.3) is 0 Å². The highest BCUT2D eigenvalue weighted by Gasteiger charge is 2.08. The van der Waals surface area contributed by atoms with Crippen LogP contribution in [-0.4, -0.2) is 20.6 Å². The molecule has 2 aromatic rings. The summed E-state index contributed by atoms with van der Waals surface area (Å²) in [5.74, 6) is 0.235. The molecule has 4 nitrogen and oxygen atoms in total. The number of nitrogens with zero attached hydrogens (tertiary/aromatic N) is 2. The molecule has 0 atom stereocenters. The van der Waals surface area contributed by atoms with Crippen molar-refractivity contribution < 1.29 is 9.90 Å². The molecule has 0 spiro atoms. The molecular weight excluding hydrogens is 252 g/mol. The second-order valence-electron chi connectivity index (χ2n) is 5.10. The second-order valence-corrected chi connectivity index (χ2v) is 5.10. The van der Waals surface area contributed by atoms with Crippen LogP contribution in [0, 0.1) is 6.92 Å². The van der Waals surface area contributed by atoms with Crippen LogP contribution >= 0.6 is 0 Å². The molecule has 0 radical (unpaired) electrons. The van der Waals surface area contributed by atoms with Gasteiger partial charge in [0.25, 0.3) is 0 Å². The second kappa shape index (κ2) is 6.37. The van der Waals surface area contributed by atoms with Gasteiger partial charge in [0.1, 0.15) is 5.82 Å². The van der Waals surface area contributed by atoms with Gasteiger partial charge in [-0.05, 0) is 25.3 Å². The lowest BCUT2D eigenvalue weighted by molar-refractivity contribution is -0.136. The Kier molecular flexibility index (Phi) is 4.56. The maximum atomic E-state index is 10.6. The van der Waals surface area contributed by atoms with Gasteiger partial charge in [-0.1, -0.05) is 29.8 Å². The van der Waals surface area contributed by atoms with Crippen LogP contribution in [0.15, 0.2) is 30.5 Å². The Morgan fingerprint density at radius 1 is 1.20 bits per heavy atom. The van der Waals surface area contributed by atoms with Crippen LogP contribution in [0.3, 0.4) is 0 Å². The average Bonchev–Trinajstić information content (AvgIpc) is 2.77. The largest absolute Gasteiger partial charge is 0.481 e. The van der Waals surface area contributed by atoms with E-state index in [0.717, 1.165) is 24.4 Å². The minimum absolute atomic E-state index is 0.150. The topological polar surface area (TPSA) is 55.1 Å². The van der Waals surface area contributed by atoms with Crippen molar-refractivity contribution in [2.24, 2.45) is 7.05 Å². The minimum Gasteiger partial charge on any atom is -0.481 e. The number of rotatable bonds is 6. The van der Waals surface area contributed by atoms with Crippen molar-refractivity contribution in [2.45, 2.75) is 32.6 Å². The fourth-order valence-corrected chi connectivity index (χ4v) is 2.20. The van der Waals surface area contributed by atoms with E-state index in [9.17, 15) is 4.79 Å². The van der Waals surface area contributed by atoms with E-state index in [1.165, 1.54) is 11.1 Å². The van der Waals surface area contributed by atoms with Crippen molar-refractivity contribution in [3.8, 4) is 0 Å². The molecule has 20 heavy (non-hydrogen) atoms. The molecule has 1 aromatic carbocycles. The predicted octanol–water partition coefficient (Wildman–Crippen LogP) is 2.53. The van der Waals surface area contributed by atoms with Gasteiger partial charge in [0.2, 0.25) is 0 Å². The molecule has 1 N–H and O–H groups in total. The zero-order chi connectivity index (χ0) is 14.5. The summed E-state index contributed by atoms with van der Waals surface area (Å²) < 4.78 is 2.01. The first kappa shape index (κ1) is 14.3. The average molecular weight is 272 g/mol. The normalized spacial score (nSPS) is 10.7. The van der Waals surface area contributed by atoms with E-state index in [2.05, 4.69) is 36.2 Å². The van der Waals surface area contributed by atoms with Gasteiger partial charge in [-0.25, -0.2) is 4.98 Å². The SMILES string of the molecule is Cc1ccc(CCc2ncc(CCC(=O)O)n2C)cc1. The molecule has 0 saturated carbocycles. The number of benzene rings is 1. The zero-order valence-corrected chi connectivity index (χ0v) is 12.0. The number of hydrogen-bond donors (Lipinski definition) is 1. The quantitative estimate of drug-likeness (QED) is 0.879. The number of hydrogen-bond acceptors (Lipinski definition) is 2. The Labute approximate surface area is 119 Å². The molecule has 0 aliphatic carbocycles. The van der Waals surface area contributed by atoms with Crippen molar-refractivity contribution in [2.75, 3.05) is 0 Å². The van der Waals surface area contributed by atoms with Crippen LogP contribution in [0.5, 0.6) is 0 Å².